The summed E-state index contributed by atoms with van der Waals surface area (Å²) in [6, 6.07) is 31.9. The van der Waals surface area contributed by atoms with Crippen molar-refractivity contribution in [1.82, 2.24) is 11.6 Å². The molecule has 0 aliphatic carbocycles. The van der Waals surface area contributed by atoms with Gasteiger partial charge in [0.15, 0.2) is 0 Å². The number of ether oxygens (including phenoxy) is 2. The second-order valence-corrected chi connectivity index (χ2v) is 12.5. The van der Waals surface area contributed by atoms with E-state index in [2.05, 4.69) is 27.8 Å². The van der Waals surface area contributed by atoms with E-state index in [4.69, 9.17) is 32.9 Å². The molecule has 4 aromatic rings. The third-order valence-electron chi connectivity index (χ3n) is 6.30. The van der Waals surface area contributed by atoms with Gasteiger partial charge in [-0.3, -0.25) is 25.3 Å². The molecule has 0 heterocycles. The van der Waals surface area contributed by atoms with Crippen molar-refractivity contribution in [2.24, 2.45) is 10.8 Å². The predicted octanol–water partition coefficient (Wildman–Crippen LogP) is 9.74. The van der Waals surface area contributed by atoms with Crippen molar-refractivity contribution in [2.75, 3.05) is 24.5 Å². The average molecular weight is 670 g/mol. The number of hydrazine groups is 1. The van der Waals surface area contributed by atoms with Gasteiger partial charge in [0.05, 0.1) is 25.6 Å². The summed E-state index contributed by atoms with van der Waals surface area (Å²) in [5, 5.41) is -0.285. The third kappa shape index (κ3) is 12.6. The minimum atomic E-state index is -0.461. The lowest BCUT2D eigenvalue weighted by atomic mass is 9.96. The van der Waals surface area contributed by atoms with Crippen molar-refractivity contribution in [3.8, 4) is 33.8 Å². The monoisotopic (exact) mass is 668 g/mol. The Morgan fingerprint density at radius 3 is 1.35 bits per heavy atom. The van der Waals surface area contributed by atoms with Gasteiger partial charge in [-0.15, -0.1) is 0 Å². The molecule has 0 atom stereocenters. The first-order valence-electron chi connectivity index (χ1n) is 14.3. The minimum absolute atomic E-state index is 0. The summed E-state index contributed by atoms with van der Waals surface area (Å²) in [5.41, 5.74) is 10.7. The molecule has 0 saturated carbocycles. The van der Waals surface area contributed by atoms with Crippen LogP contribution in [-0.4, -0.2) is 25.4 Å². The molecule has 4 aromatic carbocycles. The van der Waals surface area contributed by atoms with Crippen LogP contribution >= 0.6 is 23.4 Å². The van der Waals surface area contributed by atoms with Crippen molar-refractivity contribution in [1.29, 1.82) is 0 Å². The number of hydrogen-bond donors (Lipinski definition) is 4. The van der Waals surface area contributed by atoms with Gasteiger partial charge in [-0.05, 0) is 58.1 Å². The third-order valence-corrected chi connectivity index (χ3v) is 7.07. The van der Waals surface area contributed by atoms with Crippen LogP contribution in [0.1, 0.15) is 41.5 Å². The number of benzene rings is 4. The van der Waals surface area contributed by atoms with Crippen molar-refractivity contribution >= 4 is 45.9 Å². The number of carbonyl (C=O) groups excluding carboxylic acids is 2. The van der Waals surface area contributed by atoms with Crippen LogP contribution in [0.25, 0.3) is 22.3 Å². The van der Waals surface area contributed by atoms with Gasteiger partial charge >= 0.3 is 0 Å². The van der Waals surface area contributed by atoms with E-state index >= 15 is 0 Å². The Bertz CT molecular complexity index is 1520. The second kappa shape index (κ2) is 18.7. The molecule has 10 heteroatoms. The number of carbonyl (C=O) groups is 2. The van der Waals surface area contributed by atoms with Crippen LogP contribution in [-0.2, 0) is 9.59 Å². The van der Waals surface area contributed by atoms with Crippen LogP contribution in [0.3, 0.4) is 0 Å². The molecule has 0 spiro atoms. The van der Waals surface area contributed by atoms with E-state index in [-0.39, 0.29) is 22.7 Å². The fraction of sp³-hybridized carbons (Fsp3) is 0.278. The van der Waals surface area contributed by atoms with Gasteiger partial charge in [-0.1, -0.05) is 114 Å². The average Bonchev–Trinajstić information content (AvgIpc) is 3.03. The Hall–Kier alpha value is -4.24. The molecule has 0 fully saturated rings. The normalized spacial score (nSPS) is 10.4. The Morgan fingerprint density at radius 1 is 0.609 bits per heavy atom. The van der Waals surface area contributed by atoms with Crippen molar-refractivity contribution < 1.29 is 19.1 Å². The fourth-order valence-corrected chi connectivity index (χ4v) is 3.67. The highest BCUT2D eigenvalue weighted by Crippen LogP contribution is 2.31. The molecule has 6 N–H and O–H groups in total. The lowest BCUT2D eigenvalue weighted by molar-refractivity contribution is -0.128. The van der Waals surface area contributed by atoms with Crippen molar-refractivity contribution in [2.45, 2.75) is 41.5 Å². The highest BCUT2D eigenvalue weighted by Gasteiger charge is 2.21. The summed E-state index contributed by atoms with van der Waals surface area (Å²) in [6.45, 7) is 10.9. The Balaban J connectivity index is 0.000000386. The predicted molar refractivity (Wildman–Crippen MR) is 193 cm³/mol. The highest BCUT2D eigenvalue weighted by atomic mass is 35.5. The summed E-state index contributed by atoms with van der Waals surface area (Å²) in [5.74, 6) is 1.32. The molecule has 0 aliphatic rings. The molecule has 0 unspecified atom stereocenters. The SMILES string of the molecule is CC(C)(C)C(=O)Cl.COc1ccc(-c2ccccc2)cc1NCl.COc1ccc(-c2ccccc2)cc1NNC(=O)C(C)(C)C.N. The first kappa shape index (κ1) is 39.8. The molecule has 0 aliphatic heterocycles. The van der Waals surface area contributed by atoms with Crippen LogP contribution in [0, 0.1) is 10.8 Å². The number of anilines is 2. The van der Waals surface area contributed by atoms with E-state index < -0.39 is 5.41 Å². The summed E-state index contributed by atoms with van der Waals surface area (Å²) in [4.78, 5) is 24.8. The van der Waals surface area contributed by atoms with Crippen LogP contribution in [0.2, 0.25) is 0 Å². The Kier molecular flexibility index (Phi) is 16.1. The first-order chi connectivity index (χ1) is 21.2. The van der Waals surface area contributed by atoms with E-state index in [1.54, 1.807) is 35.0 Å². The molecule has 46 heavy (non-hydrogen) atoms. The molecule has 0 saturated heterocycles. The standard InChI is InChI=1S/C18H22N2O2.C13H12ClNO.C5H9ClO.H3N/c1-18(2,3)17(21)20-19-15-12-14(10-11-16(15)22-4)13-8-6-5-7-9-13;1-16-13-8-7-11(9-12(13)15-14)10-5-3-2-4-6-10;1-5(2,3)4(6)7;/h5-12,19H,1-4H3,(H,20,21);2-9,15H,1H3;1-3H3;1H3. The lowest BCUT2D eigenvalue weighted by Crippen LogP contribution is -2.38. The van der Waals surface area contributed by atoms with Gasteiger partial charge in [0.1, 0.15) is 11.5 Å². The maximum Gasteiger partial charge on any atom is 0.243 e. The zero-order valence-electron chi connectivity index (χ0n) is 27.8. The second-order valence-electron chi connectivity index (χ2n) is 12.0. The molecule has 0 bridgehead atoms. The zero-order chi connectivity index (χ0) is 33.6. The van der Waals surface area contributed by atoms with E-state index in [0.29, 0.717) is 5.75 Å². The Labute approximate surface area is 283 Å². The van der Waals surface area contributed by atoms with Gasteiger partial charge in [0.2, 0.25) is 11.1 Å². The maximum absolute atomic E-state index is 12.0. The topological polar surface area (TPSA) is 124 Å². The quantitative estimate of drug-likeness (QED) is 0.0878. The van der Waals surface area contributed by atoms with E-state index in [1.807, 2.05) is 106 Å². The molecule has 8 nitrogen and oxygen atoms in total. The van der Waals surface area contributed by atoms with Gasteiger partial charge in [-0.25, -0.2) is 0 Å². The smallest absolute Gasteiger partial charge is 0.243 e. The van der Waals surface area contributed by atoms with Gasteiger partial charge < -0.3 is 15.6 Å². The Morgan fingerprint density at radius 2 is 1.00 bits per heavy atom. The summed E-state index contributed by atoms with van der Waals surface area (Å²) in [6.07, 6.45) is 0. The van der Waals surface area contributed by atoms with Crippen LogP contribution < -0.4 is 31.3 Å². The molecular weight excluding hydrogens is 623 g/mol. The number of rotatable bonds is 7. The number of nitrogens with one attached hydrogen (secondary N) is 3. The first-order valence-corrected chi connectivity index (χ1v) is 15.1. The van der Waals surface area contributed by atoms with E-state index in [9.17, 15) is 9.59 Å². The molecule has 0 aromatic heterocycles. The van der Waals surface area contributed by atoms with Crippen LogP contribution in [0.5, 0.6) is 11.5 Å². The molecule has 0 radical (unpaired) electrons. The van der Waals surface area contributed by atoms with Crippen LogP contribution in [0.4, 0.5) is 11.4 Å². The van der Waals surface area contributed by atoms with Gasteiger partial charge in [-0.2, -0.15) is 0 Å². The van der Waals surface area contributed by atoms with Crippen molar-refractivity contribution in [3.63, 3.8) is 0 Å². The molecule has 1 amide bonds. The van der Waals surface area contributed by atoms with E-state index in [0.717, 1.165) is 39.4 Å². The summed E-state index contributed by atoms with van der Waals surface area (Å²) < 4.78 is 10.5. The molecule has 248 valence electrons. The largest absolute Gasteiger partial charge is 0.495 e. The number of halogens is 2. The molecular formula is C36H46Cl2N4O4. The molecule has 4 rings (SSSR count). The van der Waals surface area contributed by atoms with Gasteiger partial charge in [0.25, 0.3) is 0 Å². The number of methoxy groups -OCH3 is 2. The number of amides is 1. The van der Waals surface area contributed by atoms with Gasteiger partial charge in [0, 0.05) is 22.6 Å². The lowest BCUT2D eigenvalue weighted by Gasteiger charge is -2.20. The minimum Gasteiger partial charge on any atom is -0.495 e. The summed E-state index contributed by atoms with van der Waals surface area (Å²) in [7, 11) is 3.23. The summed E-state index contributed by atoms with van der Waals surface area (Å²) >= 11 is 10.8. The van der Waals surface area contributed by atoms with E-state index in [1.165, 1.54) is 0 Å². The zero-order valence-corrected chi connectivity index (χ0v) is 29.3. The van der Waals surface area contributed by atoms with Crippen molar-refractivity contribution in [3.05, 3.63) is 97.1 Å². The maximum atomic E-state index is 12.0. The van der Waals surface area contributed by atoms with Crippen LogP contribution in [0.15, 0.2) is 97.1 Å². The number of hydrogen-bond acceptors (Lipinski definition) is 7. The fourth-order valence-electron chi connectivity index (χ4n) is 3.52. The highest BCUT2D eigenvalue weighted by molar-refractivity contribution is 6.64.